The summed E-state index contributed by atoms with van der Waals surface area (Å²) in [5, 5.41) is 2.52. The topological polar surface area (TPSA) is 90.9 Å². The molecular weight excluding hydrogens is 314 g/mol. The van der Waals surface area contributed by atoms with E-state index in [1.165, 1.54) is 39.2 Å². The van der Waals surface area contributed by atoms with Gasteiger partial charge in [-0.3, -0.25) is 9.59 Å². The second-order valence-corrected chi connectivity index (χ2v) is 4.88. The lowest BCUT2D eigenvalue weighted by Gasteiger charge is -2.14. The molecule has 0 aliphatic carbocycles. The summed E-state index contributed by atoms with van der Waals surface area (Å²) in [6, 6.07) is 4.62. The largest absolute Gasteiger partial charge is 0.493 e. The van der Waals surface area contributed by atoms with Crippen molar-refractivity contribution in [2.75, 3.05) is 20.3 Å². The Bertz CT molecular complexity index is 626. The number of rotatable bonds is 9. The van der Waals surface area contributed by atoms with Gasteiger partial charge in [0.2, 0.25) is 0 Å². The minimum Gasteiger partial charge on any atom is -0.493 e. The Hall–Kier alpha value is -2.83. The van der Waals surface area contributed by atoms with Crippen LogP contribution in [0.25, 0.3) is 0 Å². The van der Waals surface area contributed by atoms with Crippen LogP contribution in [0.3, 0.4) is 0 Å². The molecule has 1 amide bonds. The van der Waals surface area contributed by atoms with Crippen LogP contribution in [-0.4, -0.2) is 44.0 Å². The van der Waals surface area contributed by atoms with Gasteiger partial charge in [-0.15, -0.1) is 6.58 Å². The molecule has 1 N–H and O–H groups in total. The number of ether oxygens (including phenoxy) is 3. The van der Waals surface area contributed by atoms with Gasteiger partial charge in [0.1, 0.15) is 0 Å². The van der Waals surface area contributed by atoms with E-state index in [1.807, 2.05) is 0 Å². The minimum absolute atomic E-state index is 0.112. The van der Waals surface area contributed by atoms with Crippen LogP contribution in [0.1, 0.15) is 24.2 Å². The van der Waals surface area contributed by atoms with Crippen LogP contribution in [0.5, 0.6) is 11.5 Å². The van der Waals surface area contributed by atoms with Gasteiger partial charge in [-0.25, -0.2) is 4.79 Å². The Balaban J connectivity index is 2.59. The van der Waals surface area contributed by atoms with Gasteiger partial charge < -0.3 is 19.5 Å². The molecular formula is C17H21NO6. The Morgan fingerprint density at radius 2 is 2.00 bits per heavy atom. The molecule has 0 fully saturated rings. The molecule has 0 unspecified atom stereocenters. The summed E-state index contributed by atoms with van der Waals surface area (Å²) in [6.45, 7) is 6.26. The van der Waals surface area contributed by atoms with Crippen molar-refractivity contribution in [2.24, 2.45) is 0 Å². The zero-order valence-electron chi connectivity index (χ0n) is 14.0. The van der Waals surface area contributed by atoms with Gasteiger partial charge in [-0.05, 0) is 32.0 Å². The zero-order chi connectivity index (χ0) is 18.1. The van der Waals surface area contributed by atoms with E-state index >= 15 is 0 Å². The first kappa shape index (κ1) is 19.2. The van der Waals surface area contributed by atoms with Crippen molar-refractivity contribution in [3.63, 3.8) is 0 Å². The Morgan fingerprint density at radius 1 is 1.29 bits per heavy atom. The Kier molecular flexibility index (Phi) is 7.48. The Morgan fingerprint density at radius 3 is 2.58 bits per heavy atom. The molecule has 1 rings (SSSR count). The molecule has 1 aromatic rings. The third kappa shape index (κ3) is 5.75. The first-order chi connectivity index (χ1) is 11.4. The third-order valence-electron chi connectivity index (χ3n) is 3.01. The van der Waals surface area contributed by atoms with Gasteiger partial charge in [0, 0.05) is 12.1 Å². The summed E-state index contributed by atoms with van der Waals surface area (Å²) in [4.78, 5) is 34.7. The molecule has 0 saturated heterocycles. The second kappa shape index (κ2) is 9.34. The first-order valence-corrected chi connectivity index (χ1v) is 7.29. The number of esters is 1. The smallest absolute Gasteiger partial charge is 0.344 e. The number of benzene rings is 1. The molecule has 1 aromatic carbocycles. The lowest BCUT2D eigenvalue weighted by Crippen LogP contribution is -2.36. The summed E-state index contributed by atoms with van der Waals surface area (Å²) in [5.41, 5.74) is 0.467. The molecule has 0 aromatic heterocycles. The number of carbonyl (C=O) groups is 3. The first-order valence-electron chi connectivity index (χ1n) is 7.29. The van der Waals surface area contributed by atoms with Crippen LogP contribution >= 0.6 is 0 Å². The van der Waals surface area contributed by atoms with E-state index < -0.39 is 24.6 Å². The highest BCUT2D eigenvalue weighted by molar-refractivity contribution is 5.94. The molecule has 0 aliphatic heterocycles. The predicted molar refractivity (Wildman–Crippen MR) is 87.3 cm³/mol. The fourth-order valence-corrected chi connectivity index (χ4v) is 1.74. The number of carbonyl (C=O) groups excluding carboxylic acids is 3. The maximum absolute atomic E-state index is 11.7. The zero-order valence-corrected chi connectivity index (χ0v) is 14.0. The van der Waals surface area contributed by atoms with E-state index in [9.17, 15) is 14.4 Å². The number of ketones is 1. The molecule has 0 aliphatic rings. The van der Waals surface area contributed by atoms with Crippen molar-refractivity contribution >= 4 is 17.7 Å². The predicted octanol–water partition coefficient (Wildman–Crippen LogP) is 1.51. The summed E-state index contributed by atoms with van der Waals surface area (Å²) >= 11 is 0. The van der Waals surface area contributed by atoms with E-state index in [0.717, 1.165) is 0 Å². The van der Waals surface area contributed by atoms with Crippen molar-refractivity contribution in [2.45, 2.75) is 20.0 Å². The molecule has 7 heteroatoms. The highest BCUT2D eigenvalue weighted by Gasteiger charge is 2.18. The summed E-state index contributed by atoms with van der Waals surface area (Å²) in [7, 11) is 1.43. The van der Waals surface area contributed by atoms with E-state index in [2.05, 4.69) is 11.9 Å². The lowest BCUT2D eigenvalue weighted by atomic mass is 10.1. The van der Waals surface area contributed by atoms with Gasteiger partial charge in [-0.1, -0.05) is 6.08 Å². The highest BCUT2D eigenvalue weighted by atomic mass is 16.6. The van der Waals surface area contributed by atoms with Crippen LogP contribution in [0, 0.1) is 0 Å². The average molecular weight is 335 g/mol. The van der Waals surface area contributed by atoms with Gasteiger partial charge in [0.15, 0.2) is 30.0 Å². The minimum atomic E-state index is -0.942. The number of hydrogen-bond donors (Lipinski definition) is 1. The molecule has 0 spiro atoms. The maximum Gasteiger partial charge on any atom is 0.344 e. The van der Waals surface area contributed by atoms with Crippen LogP contribution in [0.15, 0.2) is 30.9 Å². The number of Topliss-reactive ketones (excluding diaryl/α,β-unsaturated/α-hetero) is 1. The van der Waals surface area contributed by atoms with Crippen LogP contribution in [0.4, 0.5) is 0 Å². The molecule has 0 saturated carbocycles. The highest BCUT2D eigenvalue weighted by Crippen LogP contribution is 2.28. The fourth-order valence-electron chi connectivity index (χ4n) is 1.74. The third-order valence-corrected chi connectivity index (χ3v) is 3.01. The molecule has 0 radical (unpaired) electrons. The van der Waals surface area contributed by atoms with Gasteiger partial charge in [0.25, 0.3) is 5.91 Å². The van der Waals surface area contributed by atoms with Crippen molar-refractivity contribution in [1.29, 1.82) is 0 Å². The molecule has 24 heavy (non-hydrogen) atoms. The van der Waals surface area contributed by atoms with Crippen molar-refractivity contribution in [3.05, 3.63) is 36.4 Å². The van der Waals surface area contributed by atoms with E-state index in [0.29, 0.717) is 17.1 Å². The second-order valence-electron chi connectivity index (χ2n) is 4.88. The fraction of sp³-hybridized carbons (Fsp3) is 0.353. The number of nitrogens with one attached hydrogen (secondary N) is 1. The average Bonchev–Trinajstić information content (AvgIpc) is 2.57. The lowest BCUT2D eigenvalue weighted by molar-refractivity contribution is -0.156. The van der Waals surface area contributed by atoms with Gasteiger partial charge in [-0.2, -0.15) is 0 Å². The summed E-state index contributed by atoms with van der Waals surface area (Å²) in [5.74, 6) is -0.616. The van der Waals surface area contributed by atoms with Crippen molar-refractivity contribution in [3.8, 4) is 11.5 Å². The summed E-state index contributed by atoms with van der Waals surface area (Å²) < 4.78 is 15.4. The maximum atomic E-state index is 11.7. The van der Waals surface area contributed by atoms with Crippen molar-refractivity contribution < 1.29 is 28.6 Å². The van der Waals surface area contributed by atoms with E-state index in [4.69, 9.17) is 14.2 Å². The standard InChI is InChI=1S/C17H21NO6/c1-5-8-18-17(21)12(3)24-16(20)10-23-14-7-6-13(11(2)19)9-15(14)22-4/h5-7,9,12H,1,8,10H2,2-4H3,(H,18,21)/t12-/m0/s1. The number of amides is 1. The van der Waals surface area contributed by atoms with Crippen LogP contribution < -0.4 is 14.8 Å². The molecule has 7 nitrogen and oxygen atoms in total. The van der Waals surface area contributed by atoms with E-state index in [-0.39, 0.29) is 12.3 Å². The monoisotopic (exact) mass is 335 g/mol. The molecule has 1 atom stereocenters. The summed E-state index contributed by atoms with van der Waals surface area (Å²) in [6.07, 6.45) is 0.579. The Labute approximate surface area is 140 Å². The number of methoxy groups -OCH3 is 1. The van der Waals surface area contributed by atoms with Gasteiger partial charge >= 0.3 is 5.97 Å². The normalized spacial score (nSPS) is 11.1. The molecule has 130 valence electrons. The van der Waals surface area contributed by atoms with Gasteiger partial charge in [0.05, 0.1) is 7.11 Å². The van der Waals surface area contributed by atoms with Crippen molar-refractivity contribution in [1.82, 2.24) is 5.32 Å². The molecule has 0 bridgehead atoms. The van der Waals surface area contributed by atoms with Crippen LogP contribution in [0.2, 0.25) is 0 Å². The quantitative estimate of drug-likeness (QED) is 0.418. The SMILES string of the molecule is C=CCNC(=O)[C@H](C)OC(=O)COc1ccc(C(C)=O)cc1OC. The van der Waals surface area contributed by atoms with Crippen LogP contribution in [-0.2, 0) is 14.3 Å². The number of hydrogen-bond acceptors (Lipinski definition) is 6. The van der Waals surface area contributed by atoms with E-state index in [1.54, 1.807) is 6.07 Å². The molecule has 0 heterocycles.